The lowest BCUT2D eigenvalue weighted by Crippen LogP contribution is -2.40. The van der Waals surface area contributed by atoms with Crippen LogP contribution < -0.4 is 5.73 Å². The number of halogens is 2. The highest BCUT2D eigenvalue weighted by atomic mass is 35.5. The van der Waals surface area contributed by atoms with E-state index in [0.717, 1.165) is 48.1 Å². The molecule has 0 aliphatic carbocycles. The number of benzene rings is 1. The van der Waals surface area contributed by atoms with Gasteiger partial charge >= 0.3 is 0 Å². The van der Waals surface area contributed by atoms with Gasteiger partial charge in [-0.3, -0.25) is 4.90 Å². The van der Waals surface area contributed by atoms with Gasteiger partial charge in [0.2, 0.25) is 0 Å². The van der Waals surface area contributed by atoms with E-state index in [9.17, 15) is 0 Å². The molecule has 2 N–H and O–H groups in total. The van der Waals surface area contributed by atoms with Crippen LogP contribution >= 0.6 is 35.4 Å². The molecule has 1 aliphatic rings. The van der Waals surface area contributed by atoms with Gasteiger partial charge in [-0.2, -0.15) is 0 Å². The second-order valence-electron chi connectivity index (χ2n) is 4.68. The molecule has 2 nitrogen and oxygen atoms in total. The molecule has 1 heterocycles. The summed E-state index contributed by atoms with van der Waals surface area (Å²) in [6, 6.07) is 5.61. The molecule has 0 saturated carbocycles. The van der Waals surface area contributed by atoms with Gasteiger partial charge in [-0.15, -0.1) is 0 Å². The van der Waals surface area contributed by atoms with Crippen LogP contribution in [0.2, 0.25) is 10.0 Å². The summed E-state index contributed by atoms with van der Waals surface area (Å²) in [5.74, 6) is 0.315. The van der Waals surface area contributed by atoms with E-state index in [0.29, 0.717) is 10.9 Å². The molecule has 1 aromatic rings. The maximum atomic E-state index is 6.19. The summed E-state index contributed by atoms with van der Waals surface area (Å²) in [4.78, 5) is 2.94. The van der Waals surface area contributed by atoms with Crippen LogP contribution in [0.4, 0.5) is 0 Å². The largest absolute Gasteiger partial charge is 0.393 e. The molecule has 1 fully saturated rings. The quantitative estimate of drug-likeness (QED) is 0.867. The Morgan fingerprint density at radius 1 is 1.39 bits per heavy atom. The van der Waals surface area contributed by atoms with Gasteiger partial charge in [0.25, 0.3) is 0 Å². The van der Waals surface area contributed by atoms with Crippen molar-refractivity contribution in [3.05, 3.63) is 33.8 Å². The minimum atomic E-state index is 0.315. The highest BCUT2D eigenvalue weighted by molar-refractivity contribution is 7.80. The lowest BCUT2D eigenvalue weighted by molar-refractivity contribution is 0.197. The predicted molar refractivity (Wildman–Crippen MR) is 81.2 cm³/mol. The highest BCUT2D eigenvalue weighted by Gasteiger charge is 2.22. The Balaban J connectivity index is 2.07. The van der Waals surface area contributed by atoms with Gasteiger partial charge < -0.3 is 5.73 Å². The van der Waals surface area contributed by atoms with Gasteiger partial charge in [-0.1, -0.05) is 41.5 Å². The molecule has 2 rings (SSSR count). The molecule has 18 heavy (non-hydrogen) atoms. The molecule has 1 aromatic carbocycles. The Kier molecular flexibility index (Phi) is 4.84. The maximum absolute atomic E-state index is 6.19. The van der Waals surface area contributed by atoms with Crippen LogP contribution in [0.15, 0.2) is 18.2 Å². The molecule has 0 amide bonds. The summed E-state index contributed by atoms with van der Waals surface area (Å²) in [7, 11) is 0. The zero-order chi connectivity index (χ0) is 13.1. The monoisotopic (exact) mass is 302 g/mol. The topological polar surface area (TPSA) is 29.3 Å². The zero-order valence-corrected chi connectivity index (χ0v) is 12.4. The first-order chi connectivity index (χ1) is 8.58. The van der Waals surface area contributed by atoms with Crippen molar-refractivity contribution >= 4 is 40.4 Å². The molecule has 0 radical (unpaired) electrons. The number of hydrogen-bond donors (Lipinski definition) is 1. The molecule has 0 spiro atoms. The Morgan fingerprint density at radius 2 is 2.06 bits per heavy atom. The van der Waals surface area contributed by atoms with Gasteiger partial charge in [-0.05, 0) is 31.5 Å². The first-order valence-electron chi connectivity index (χ1n) is 6.02. The van der Waals surface area contributed by atoms with Gasteiger partial charge in [-0.25, -0.2) is 0 Å². The minimum absolute atomic E-state index is 0.315. The standard InChI is InChI=1S/C13H16Cl2N2S/c14-11-4-1-5-12(15)10(11)8-17-6-2-3-9(7-17)13(16)18/h1,4-5,9H,2-3,6-8H2,(H2,16,18). The van der Waals surface area contributed by atoms with E-state index in [-0.39, 0.29) is 0 Å². The zero-order valence-electron chi connectivity index (χ0n) is 10.0. The van der Waals surface area contributed by atoms with Crippen molar-refractivity contribution in [2.75, 3.05) is 13.1 Å². The molecule has 0 bridgehead atoms. The normalized spacial score (nSPS) is 20.9. The van der Waals surface area contributed by atoms with Crippen molar-refractivity contribution in [3.63, 3.8) is 0 Å². The van der Waals surface area contributed by atoms with Crippen LogP contribution in [0, 0.1) is 5.92 Å². The third kappa shape index (κ3) is 3.35. The van der Waals surface area contributed by atoms with Gasteiger partial charge in [0.15, 0.2) is 0 Å². The molecule has 0 aromatic heterocycles. The molecule has 1 unspecified atom stereocenters. The lowest BCUT2D eigenvalue weighted by atomic mass is 9.97. The van der Waals surface area contributed by atoms with E-state index < -0.39 is 0 Å². The number of nitrogens with two attached hydrogens (primary N) is 1. The Hall–Kier alpha value is -0.350. The summed E-state index contributed by atoms with van der Waals surface area (Å²) < 4.78 is 0. The Labute approximate surface area is 123 Å². The van der Waals surface area contributed by atoms with Crippen LogP contribution in [0.3, 0.4) is 0 Å². The highest BCUT2D eigenvalue weighted by Crippen LogP contribution is 2.27. The van der Waals surface area contributed by atoms with Crippen molar-refractivity contribution in [2.24, 2.45) is 11.7 Å². The van der Waals surface area contributed by atoms with Crippen LogP contribution in [0.5, 0.6) is 0 Å². The van der Waals surface area contributed by atoms with Crippen molar-refractivity contribution < 1.29 is 0 Å². The van der Waals surface area contributed by atoms with Crippen LogP contribution in [0.25, 0.3) is 0 Å². The first-order valence-corrected chi connectivity index (χ1v) is 7.19. The van der Waals surface area contributed by atoms with E-state index in [1.54, 1.807) is 0 Å². The van der Waals surface area contributed by atoms with Gasteiger partial charge in [0.1, 0.15) is 0 Å². The van der Waals surface area contributed by atoms with E-state index in [1.807, 2.05) is 18.2 Å². The minimum Gasteiger partial charge on any atom is -0.393 e. The summed E-state index contributed by atoms with van der Waals surface area (Å²) >= 11 is 17.5. The molecular weight excluding hydrogens is 287 g/mol. The van der Waals surface area contributed by atoms with Crippen molar-refractivity contribution in [1.82, 2.24) is 4.90 Å². The number of rotatable bonds is 3. The van der Waals surface area contributed by atoms with E-state index >= 15 is 0 Å². The molecule has 98 valence electrons. The second kappa shape index (κ2) is 6.20. The SMILES string of the molecule is NC(=S)C1CCCN(Cc2c(Cl)cccc2Cl)C1. The van der Waals surface area contributed by atoms with E-state index in [1.165, 1.54) is 0 Å². The van der Waals surface area contributed by atoms with E-state index in [2.05, 4.69) is 4.90 Å². The number of piperidine rings is 1. The van der Waals surface area contributed by atoms with Crippen LogP contribution in [0.1, 0.15) is 18.4 Å². The predicted octanol–water partition coefficient (Wildman–Crippen LogP) is 3.49. The van der Waals surface area contributed by atoms with Crippen molar-refractivity contribution in [2.45, 2.75) is 19.4 Å². The molecule has 1 aliphatic heterocycles. The maximum Gasteiger partial charge on any atom is 0.0771 e. The average molecular weight is 303 g/mol. The fourth-order valence-corrected chi connectivity index (χ4v) is 3.05. The Morgan fingerprint density at radius 3 is 2.67 bits per heavy atom. The summed E-state index contributed by atoms with van der Waals surface area (Å²) in [5, 5.41) is 1.44. The number of nitrogens with zero attached hydrogens (tertiary/aromatic N) is 1. The van der Waals surface area contributed by atoms with Crippen LogP contribution in [-0.2, 0) is 6.54 Å². The van der Waals surface area contributed by atoms with Crippen molar-refractivity contribution in [3.8, 4) is 0 Å². The molecular formula is C13H16Cl2N2S. The smallest absolute Gasteiger partial charge is 0.0771 e. The Bertz CT molecular complexity index is 430. The summed E-state index contributed by atoms with van der Waals surface area (Å²) in [6.45, 7) is 2.70. The van der Waals surface area contributed by atoms with Gasteiger partial charge in [0.05, 0.1) is 4.99 Å². The first kappa shape index (κ1) is 14.1. The molecule has 1 atom stereocenters. The average Bonchev–Trinajstić information content (AvgIpc) is 2.34. The second-order valence-corrected chi connectivity index (χ2v) is 5.96. The fourth-order valence-electron chi connectivity index (χ4n) is 2.34. The molecule has 1 saturated heterocycles. The third-order valence-corrected chi connectivity index (χ3v) is 4.39. The molecule has 5 heteroatoms. The number of likely N-dealkylation sites (tertiary alicyclic amines) is 1. The number of hydrogen-bond acceptors (Lipinski definition) is 2. The third-order valence-electron chi connectivity index (χ3n) is 3.35. The number of thiocarbonyl (C=S) groups is 1. The van der Waals surface area contributed by atoms with Crippen LogP contribution in [-0.4, -0.2) is 23.0 Å². The summed E-state index contributed by atoms with van der Waals surface area (Å²) in [6.07, 6.45) is 2.20. The van der Waals surface area contributed by atoms with Crippen molar-refractivity contribution in [1.29, 1.82) is 0 Å². The fraction of sp³-hybridized carbons (Fsp3) is 0.462. The van der Waals surface area contributed by atoms with Gasteiger partial charge in [0, 0.05) is 34.6 Å². The lowest BCUT2D eigenvalue weighted by Gasteiger charge is -2.32. The summed E-state index contributed by atoms with van der Waals surface area (Å²) in [5.41, 5.74) is 6.73. The van der Waals surface area contributed by atoms with E-state index in [4.69, 9.17) is 41.2 Å².